The Morgan fingerprint density at radius 1 is 1.25 bits per heavy atom. The second kappa shape index (κ2) is 6.56. The summed E-state index contributed by atoms with van der Waals surface area (Å²) in [6.45, 7) is 2.55. The van der Waals surface area contributed by atoms with Crippen LogP contribution in [0.15, 0.2) is 42.6 Å². The molecular weight excluding hydrogens is 254 g/mol. The molecule has 0 bridgehead atoms. The highest BCUT2D eigenvalue weighted by Gasteiger charge is 2.07. The standard InChI is InChI=1S/C15H17N3O2/c1-3-20-13-6-4-12(5-7-13)18-15(19)11-8-9-17-14(10-11)16-2/h4-10H,3H2,1-2H3,(H,16,17)(H,18,19). The third-order valence-corrected chi connectivity index (χ3v) is 2.70. The van der Waals surface area contributed by atoms with E-state index in [9.17, 15) is 4.79 Å². The maximum atomic E-state index is 12.1. The fourth-order valence-electron chi connectivity index (χ4n) is 1.71. The van der Waals surface area contributed by atoms with E-state index in [0.29, 0.717) is 18.0 Å². The minimum Gasteiger partial charge on any atom is -0.494 e. The Labute approximate surface area is 118 Å². The molecule has 0 saturated carbocycles. The lowest BCUT2D eigenvalue weighted by atomic mass is 10.2. The zero-order chi connectivity index (χ0) is 14.4. The minimum absolute atomic E-state index is 0.173. The third kappa shape index (κ3) is 3.47. The Bertz CT molecular complexity index is 582. The van der Waals surface area contributed by atoms with Gasteiger partial charge in [0.15, 0.2) is 0 Å². The Hall–Kier alpha value is -2.56. The number of amides is 1. The molecule has 1 aromatic carbocycles. The molecule has 20 heavy (non-hydrogen) atoms. The van der Waals surface area contributed by atoms with Gasteiger partial charge in [0, 0.05) is 24.5 Å². The smallest absolute Gasteiger partial charge is 0.255 e. The third-order valence-electron chi connectivity index (χ3n) is 2.70. The first kappa shape index (κ1) is 13.9. The van der Waals surface area contributed by atoms with Crippen LogP contribution in [0.3, 0.4) is 0 Å². The van der Waals surface area contributed by atoms with Crippen LogP contribution in [0.5, 0.6) is 5.75 Å². The molecule has 0 unspecified atom stereocenters. The number of nitrogens with zero attached hydrogens (tertiary/aromatic N) is 1. The quantitative estimate of drug-likeness (QED) is 0.877. The summed E-state index contributed by atoms with van der Waals surface area (Å²) >= 11 is 0. The van der Waals surface area contributed by atoms with Crippen molar-refractivity contribution in [3.05, 3.63) is 48.2 Å². The van der Waals surface area contributed by atoms with E-state index in [0.717, 1.165) is 11.4 Å². The Morgan fingerprint density at radius 3 is 2.65 bits per heavy atom. The normalized spacial score (nSPS) is 9.90. The number of ether oxygens (including phenoxy) is 1. The van der Waals surface area contributed by atoms with Crippen LogP contribution in [-0.2, 0) is 0 Å². The van der Waals surface area contributed by atoms with E-state index in [4.69, 9.17) is 4.74 Å². The highest BCUT2D eigenvalue weighted by Crippen LogP contribution is 2.16. The lowest BCUT2D eigenvalue weighted by Crippen LogP contribution is -2.12. The number of benzene rings is 1. The molecule has 0 radical (unpaired) electrons. The van der Waals surface area contributed by atoms with Crippen molar-refractivity contribution in [2.75, 3.05) is 24.3 Å². The average Bonchev–Trinajstić information content (AvgIpc) is 2.49. The number of carbonyl (C=O) groups is 1. The highest BCUT2D eigenvalue weighted by atomic mass is 16.5. The summed E-state index contributed by atoms with van der Waals surface area (Å²) in [5, 5.41) is 5.73. The van der Waals surface area contributed by atoms with Crippen molar-refractivity contribution < 1.29 is 9.53 Å². The molecule has 0 aliphatic heterocycles. The Morgan fingerprint density at radius 2 is 2.00 bits per heavy atom. The van der Waals surface area contributed by atoms with E-state index in [2.05, 4.69) is 15.6 Å². The van der Waals surface area contributed by atoms with Crippen LogP contribution < -0.4 is 15.4 Å². The summed E-state index contributed by atoms with van der Waals surface area (Å²) in [5.74, 6) is 1.27. The van der Waals surface area contributed by atoms with Crippen LogP contribution >= 0.6 is 0 Å². The van der Waals surface area contributed by atoms with Gasteiger partial charge in [-0.2, -0.15) is 0 Å². The van der Waals surface area contributed by atoms with Crippen LogP contribution in [-0.4, -0.2) is 24.5 Å². The van der Waals surface area contributed by atoms with E-state index in [-0.39, 0.29) is 5.91 Å². The van der Waals surface area contributed by atoms with Crippen molar-refractivity contribution in [3.63, 3.8) is 0 Å². The lowest BCUT2D eigenvalue weighted by Gasteiger charge is -2.08. The average molecular weight is 271 g/mol. The molecule has 0 fully saturated rings. The molecule has 0 aliphatic rings. The maximum absolute atomic E-state index is 12.1. The molecule has 0 saturated heterocycles. The zero-order valence-electron chi connectivity index (χ0n) is 11.5. The van der Waals surface area contributed by atoms with Crippen LogP contribution in [0.4, 0.5) is 11.5 Å². The Kier molecular flexibility index (Phi) is 4.55. The molecular formula is C15H17N3O2. The maximum Gasteiger partial charge on any atom is 0.255 e. The van der Waals surface area contributed by atoms with Gasteiger partial charge in [-0.15, -0.1) is 0 Å². The first-order valence-electron chi connectivity index (χ1n) is 6.41. The summed E-state index contributed by atoms with van der Waals surface area (Å²) in [4.78, 5) is 16.2. The molecule has 5 nitrogen and oxygen atoms in total. The van der Waals surface area contributed by atoms with Gasteiger partial charge in [-0.1, -0.05) is 0 Å². The lowest BCUT2D eigenvalue weighted by molar-refractivity contribution is 0.102. The Balaban J connectivity index is 2.06. The van der Waals surface area contributed by atoms with Crippen molar-refractivity contribution in [1.82, 2.24) is 4.98 Å². The fourth-order valence-corrected chi connectivity index (χ4v) is 1.71. The first-order chi connectivity index (χ1) is 9.72. The molecule has 1 heterocycles. The van der Waals surface area contributed by atoms with E-state index in [1.54, 1.807) is 25.4 Å². The van der Waals surface area contributed by atoms with Gasteiger partial charge in [-0.25, -0.2) is 4.98 Å². The number of rotatable bonds is 5. The summed E-state index contributed by atoms with van der Waals surface area (Å²) in [5.41, 5.74) is 1.28. The number of nitrogens with one attached hydrogen (secondary N) is 2. The number of carbonyl (C=O) groups excluding carboxylic acids is 1. The predicted octanol–water partition coefficient (Wildman–Crippen LogP) is 2.77. The van der Waals surface area contributed by atoms with E-state index >= 15 is 0 Å². The topological polar surface area (TPSA) is 63.2 Å². The van der Waals surface area contributed by atoms with Gasteiger partial charge >= 0.3 is 0 Å². The zero-order valence-corrected chi connectivity index (χ0v) is 11.5. The molecule has 2 aromatic rings. The predicted molar refractivity (Wildman–Crippen MR) is 79.3 cm³/mol. The van der Waals surface area contributed by atoms with Crippen molar-refractivity contribution in [2.24, 2.45) is 0 Å². The van der Waals surface area contributed by atoms with E-state index in [1.807, 2.05) is 31.2 Å². The molecule has 0 atom stereocenters. The van der Waals surface area contributed by atoms with Crippen molar-refractivity contribution in [3.8, 4) is 5.75 Å². The van der Waals surface area contributed by atoms with E-state index < -0.39 is 0 Å². The molecule has 1 aromatic heterocycles. The van der Waals surface area contributed by atoms with Gasteiger partial charge in [0.05, 0.1) is 6.61 Å². The summed E-state index contributed by atoms with van der Waals surface area (Å²) < 4.78 is 5.35. The monoisotopic (exact) mass is 271 g/mol. The molecule has 5 heteroatoms. The summed E-state index contributed by atoms with van der Waals surface area (Å²) in [6.07, 6.45) is 1.60. The van der Waals surface area contributed by atoms with Crippen LogP contribution in [0.1, 0.15) is 17.3 Å². The molecule has 0 aliphatic carbocycles. The second-order valence-corrected chi connectivity index (χ2v) is 4.09. The SMILES string of the molecule is CCOc1ccc(NC(=O)c2ccnc(NC)c2)cc1. The number of anilines is 2. The summed E-state index contributed by atoms with van der Waals surface area (Å²) in [7, 11) is 1.76. The molecule has 2 rings (SSSR count). The number of hydrogen-bond acceptors (Lipinski definition) is 4. The largest absolute Gasteiger partial charge is 0.494 e. The van der Waals surface area contributed by atoms with Gasteiger partial charge in [0.25, 0.3) is 5.91 Å². The van der Waals surface area contributed by atoms with Crippen molar-refractivity contribution >= 4 is 17.4 Å². The van der Waals surface area contributed by atoms with Gasteiger partial charge in [-0.05, 0) is 43.3 Å². The molecule has 0 spiro atoms. The van der Waals surface area contributed by atoms with Gasteiger partial charge in [0.1, 0.15) is 11.6 Å². The van der Waals surface area contributed by atoms with Crippen LogP contribution in [0.25, 0.3) is 0 Å². The first-order valence-corrected chi connectivity index (χ1v) is 6.41. The number of pyridine rings is 1. The van der Waals surface area contributed by atoms with Gasteiger partial charge in [0.2, 0.25) is 0 Å². The molecule has 2 N–H and O–H groups in total. The summed E-state index contributed by atoms with van der Waals surface area (Å²) in [6, 6.07) is 10.6. The number of hydrogen-bond donors (Lipinski definition) is 2. The van der Waals surface area contributed by atoms with Crippen molar-refractivity contribution in [2.45, 2.75) is 6.92 Å². The second-order valence-electron chi connectivity index (χ2n) is 4.09. The molecule has 104 valence electrons. The van der Waals surface area contributed by atoms with Gasteiger partial charge < -0.3 is 15.4 Å². The highest BCUT2D eigenvalue weighted by molar-refractivity contribution is 6.04. The van der Waals surface area contributed by atoms with Crippen LogP contribution in [0.2, 0.25) is 0 Å². The minimum atomic E-state index is -0.173. The van der Waals surface area contributed by atoms with E-state index in [1.165, 1.54) is 0 Å². The van der Waals surface area contributed by atoms with Crippen LogP contribution in [0, 0.1) is 0 Å². The van der Waals surface area contributed by atoms with Crippen molar-refractivity contribution in [1.29, 1.82) is 0 Å². The number of aromatic nitrogens is 1. The van der Waals surface area contributed by atoms with Gasteiger partial charge in [-0.3, -0.25) is 4.79 Å². The molecule has 1 amide bonds. The fraction of sp³-hybridized carbons (Fsp3) is 0.200.